The second-order valence-corrected chi connectivity index (χ2v) is 7.49. The van der Waals surface area contributed by atoms with Gasteiger partial charge in [-0.2, -0.15) is 0 Å². The molecule has 2 N–H and O–H groups in total. The van der Waals surface area contributed by atoms with Gasteiger partial charge in [-0.15, -0.1) is 0 Å². The molecule has 2 aliphatic rings. The van der Waals surface area contributed by atoms with Gasteiger partial charge >= 0.3 is 12.0 Å². The Hall–Kier alpha value is -3.30. The fraction of sp³-hybridized carbons (Fsp3) is 0.500. The van der Waals surface area contributed by atoms with Crippen LogP contribution in [0.2, 0.25) is 0 Å². The molecule has 10 heteroatoms. The number of carbonyl (C=O) groups is 4. The lowest BCUT2D eigenvalue weighted by atomic mass is 10.1. The molecule has 162 valence electrons. The van der Waals surface area contributed by atoms with Crippen molar-refractivity contribution in [1.82, 2.24) is 10.6 Å². The molecule has 1 fully saturated rings. The van der Waals surface area contributed by atoms with E-state index in [1.807, 2.05) is 13.8 Å². The molecule has 1 atom stereocenters. The zero-order valence-electron chi connectivity index (χ0n) is 16.9. The lowest BCUT2D eigenvalue weighted by Crippen LogP contribution is -2.42. The monoisotopic (exact) mass is 419 g/mol. The van der Waals surface area contributed by atoms with Crippen molar-refractivity contribution in [3.05, 3.63) is 18.2 Å². The molecule has 0 spiro atoms. The number of fused-ring (bicyclic) bond motifs is 1. The topological polar surface area (TPSA) is 123 Å². The maximum Gasteiger partial charge on any atom is 0.321 e. The summed E-state index contributed by atoms with van der Waals surface area (Å²) < 4.78 is 16.0. The molecule has 0 aliphatic carbocycles. The summed E-state index contributed by atoms with van der Waals surface area (Å²) in [6, 6.07) is 4.49. The zero-order chi connectivity index (χ0) is 21.7. The van der Waals surface area contributed by atoms with Crippen LogP contribution in [-0.2, 0) is 19.1 Å². The molecular formula is C20H25N3O7. The van der Waals surface area contributed by atoms with Gasteiger partial charge in [0.25, 0.3) is 5.91 Å². The van der Waals surface area contributed by atoms with Gasteiger partial charge in [0.2, 0.25) is 5.91 Å². The molecule has 2 heterocycles. The molecule has 1 aromatic rings. The number of hydrogen-bond acceptors (Lipinski definition) is 7. The predicted octanol–water partition coefficient (Wildman–Crippen LogP) is 0.836. The third-order valence-corrected chi connectivity index (χ3v) is 4.57. The Balaban J connectivity index is 1.49. The Kier molecular flexibility index (Phi) is 6.76. The average molecular weight is 419 g/mol. The molecule has 0 aromatic heterocycles. The van der Waals surface area contributed by atoms with Crippen molar-refractivity contribution < 1.29 is 33.4 Å². The first-order valence-corrected chi connectivity index (χ1v) is 9.78. The number of nitrogens with one attached hydrogen (secondary N) is 2. The minimum atomic E-state index is -0.738. The van der Waals surface area contributed by atoms with Gasteiger partial charge in [0, 0.05) is 31.3 Å². The highest BCUT2D eigenvalue weighted by atomic mass is 16.6. The largest absolute Gasteiger partial charge is 0.486 e. The zero-order valence-corrected chi connectivity index (χ0v) is 16.9. The van der Waals surface area contributed by atoms with Crippen molar-refractivity contribution >= 4 is 29.5 Å². The Labute approximate surface area is 173 Å². The highest BCUT2D eigenvalue weighted by molar-refractivity contribution is 6.00. The standard InChI is InChI=1S/C20H25N3O7/c1-12(2)9-21-20(27)22-17(24)11-30-19(26)13-7-18(25)23(10-13)14-3-4-15-16(8-14)29-6-5-28-15/h3-4,8,12-13H,5-7,9-11H2,1-2H3,(H2,21,22,24,27)/t13-/m0/s1. The maximum absolute atomic E-state index is 12.4. The van der Waals surface area contributed by atoms with E-state index in [1.165, 1.54) is 4.90 Å². The van der Waals surface area contributed by atoms with E-state index in [-0.39, 0.29) is 24.8 Å². The summed E-state index contributed by atoms with van der Waals surface area (Å²) in [5, 5.41) is 4.61. The Morgan fingerprint density at radius 2 is 1.93 bits per heavy atom. The second kappa shape index (κ2) is 9.47. The number of imide groups is 1. The first-order chi connectivity index (χ1) is 14.3. The van der Waals surface area contributed by atoms with E-state index in [1.54, 1.807) is 18.2 Å². The molecule has 10 nitrogen and oxygen atoms in total. The molecular weight excluding hydrogens is 394 g/mol. The summed E-state index contributed by atoms with van der Waals surface area (Å²) in [4.78, 5) is 49.4. The predicted molar refractivity (Wildman–Crippen MR) is 105 cm³/mol. The fourth-order valence-corrected chi connectivity index (χ4v) is 3.07. The van der Waals surface area contributed by atoms with E-state index < -0.39 is 30.4 Å². The van der Waals surface area contributed by atoms with Crippen molar-refractivity contribution in [2.24, 2.45) is 11.8 Å². The van der Waals surface area contributed by atoms with Crippen LogP contribution in [0.3, 0.4) is 0 Å². The maximum atomic E-state index is 12.4. The van der Waals surface area contributed by atoms with Crippen molar-refractivity contribution in [2.75, 3.05) is 37.8 Å². The van der Waals surface area contributed by atoms with Gasteiger partial charge in [-0.25, -0.2) is 4.79 Å². The molecule has 2 aliphatic heterocycles. The van der Waals surface area contributed by atoms with Crippen molar-refractivity contribution in [1.29, 1.82) is 0 Å². The average Bonchev–Trinajstić information content (AvgIpc) is 3.12. The van der Waals surface area contributed by atoms with Gasteiger partial charge < -0.3 is 24.4 Å². The second-order valence-electron chi connectivity index (χ2n) is 7.49. The van der Waals surface area contributed by atoms with E-state index in [0.717, 1.165) is 0 Å². The molecule has 0 saturated carbocycles. The van der Waals surface area contributed by atoms with E-state index in [0.29, 0.717) is 36.9 Å². The lowest BCUT2D eigenvalue weighted by molar-refractivity contribution is -0.152. The third kappa shape index (κ3) is 5.40. The van der Waals surface area contributed by atoms with E-state index >= 15 is 0 Å². The number of nitrogens with zero attached hydrogens (tertiary/aromatic N) is 1. The number of benzene rings is 1. The summed E-state index contributed by atoms with van der Waals surface area (Å²) in [6.45, 7) is 4.68. The van der Waals surface area contributed by atoms with Gasteiger partial charge in [-0.1, -0.05) is 13.8 Å². The molecule has 1 saturated heterocycles. The number of carbonyl (C=O) groups excluding carboxylic acids is 4. The summed E-state index contributed by atoms with van der Waals surface area (Å²) >= 11 is 0. The molecule has 0 radical (unpaired) electrons. The number of urea groups is 1. The van der Waals surface area contributed by atoms with Gasteiger partial charge in [-0.05, 0) is 18.1 Å². The fourth-order valence-electron chi connectivity index (χ4n) is 3.07. The molecule has 3 rings (SSSR count). The summed E-state index contributed by atoms with van der Waals surface area (Å²) in [7, 11) is 0. The Morgan fingerprint density at radius 3 is 2.67 bits per heavy atom. The molecule has 4 amide bonds. The Bertz CT molecular complexity index is 840. The minimum absolute atomic E-state index is 0.0240. The molecule has 30 heavy (non-hydrogen) atoms. The van der Waals surface area contributed by atoms with E-state index in [4.69, 9.17) is 14.2 Å². The first-order valence-electron chi connectivity index (χ1n) is 9.78. The highest BCUT2D eigenvalue weighted by Crippen LogP contribution is 2.36. The third-order valence-electron chi connectivity index (χ3n) is 4.57. The molecule has 1 aromatic carbocycles. The van der Waals surface area contributed by atoms with Crippen LogP contribution in [0.5, 0.6) is 11.5 Å². The van der Waals surface area contributed by atoms with Crippen molar-refractivity contribution in [3.63, 3.8) is 0 Å². The van der Waals surface area contributed by atoms with Crippen LogP contribution in [0.4, 0.5) is 10.5 Å². The first kappa shape index (κ1) is 21.4. The van der Waals surface area contributed by atoms with Crippen LogP contribution in [-0.4, -0.2) is 56.7 Å². The summed E-state index contributed by atoms with van der Waals surface area (Å²) in [5.74, 6) is -0.945. The summed E-state index contributed by atoms with van der Waals surface area (Å²) in [5.41, 5.74) is 0.596. The van der Waals surface area contributed by atoms with Crippen molar-refractivity contribution in [2.45, 2.75) is 20.3 Å². The van der Waals surface area contributed by atoms with Crippen LogP contribution >= 0.6 is 0 Å². The number of anilines is 1. The Morgan fingerprint density at radius 1 is 1.20 bits per heavy atom. The van der Waals surface area contributed by atoms with Crippen LogP contribution in [0.1, 0.15) is 20.3 Å². The summed E-state index contributed by atoms with van der Waals surface area (Å²) in [6.07, 6.45) is -0.0240. The van der Waals surface area contributed by atoms with Crippen LogP contribution in [0.25, 0.3) is 0 Å². The normalized spacial score (nSPS) is 17.6. The number of hydrogen-bond donors (Lipinski definition) is 2. The van der Waals surface area contributed by atoms with E-state index in [9.17, 15) is 19.2 Å². The number of esters is 1. The number of ether oxygens (including phenoxy) is 3. The smallest absolute Gasteiger partial charge is 0.321 e. The number of amides is 4. The molecule has 0 unspecified atom stereocenters. The number of rotatable bonds is 6. The van der Waals surface area contributed by atoms with Gasteiger partial charge in [0.1, 0.15) is 13.2 Å². The van der Waals surface area contributed by atoms with Gasteiger partial charge in [0.05, 0.1) is 5.92 Å². The van der Waals surface area contributed by atoms with Crippen molar-refractivity contribution in [3.8, 4) is 11.5 Å². The van der Waals surface area contributed by atoms with Gasteiger partial charge in [0.15, 0.2) is 18.1 Å². The quantitative estimate of drug-likeness (QED) is 0.655. The van der Waals surface area contributed by atoms with Gasteiger partial charge in [-0.3, -0.25) is 19.7 Å². The lowest BCUT2D eigenvalue weighted by Gasteiger charge is -2.22. The minimum Gasteiger partial charge on any atom is -0.486 e. The highest BCUT2D eigenvalue weighted by Gasteiger charge is 2.36. The van der Waals surface area contributed by atoms with Crippen LogP contribution < -0.4 is 25.0 Å². The van der Waals surface area contributed by atoms with E-state index in [2.05, 4.69) is 10.6 Å². The SMILES string of the molecule is CC(C)CNC(=O)NC(=O)COC(=O)[C@H]1CC(=O)N(c2ccc3c(c2)OCCO3)C1. The molecule has 0 bridgehead atoms. The van der Waals surface area contributed by atoms with Crippen LogP contribution in [0.15, 0.2) is 18.2 Å². The van der Waals surface area contributed by atoms with Crippen LogP contribution in [0, 0.1) is 11.8 Å².